The molecule has 0 aromatic carbocycles. The number of hydrogen-bond donors (Lipinski definition) is 2. The van der Waals surface area contributed by atoms with Crippen molar-refractivity contribution < 1.29 is 23.9 Å². The van der Waals surface area contributed by atoms with Gasteiger partial charge in [0.25, 0.3) is 0 Å². The van der Waals surface area contributed by atoms with Crippen LogP contribution in [0.4, 0.5) is 0 Å². The van der Waals surface area contributed by atoms with E-state index in [1.54, 1.807) is 4.90 Å². The second kappa shape index (κ2) is 35.7. The highest BCUT2D eigenvalue weighted by atomic mass is 16.5. The topological polar surface area (TPSA) is 125 Å². The second-order valence-corrected chi connectivity index (χ2v) is 14.8. The van der Waals surface area contributed by atoms with Gasteiger partial charge >= 0.3 is 11.9 Å². The molecule has 0 aliphatic heterocycles. The van der Waals surface area contributed by atoms with Crippen LogP contribution >= 0.6 is 0 Å². The Hall–Kier alpha value is -1.67. The number of carbonyl (C=O) groups is 3. The Balaban J connectivity index is 5.27. The van der Waals surface area contributed by atoms with Crippen LogP contribution < -0.4 is 11.5 Å². The molecule has 8 nitrogen and oxygen atoms in total. The highest BCUT2D eigenvalue weighted by molar-refractivity contribution is 5.81. The fourth-order valence-electron chi connectivity index (χ4n) is 6.68. The quantitative estimate of drug-likeness (QED) is 0.0486. The molecule has 0 aromatic rings. The van der Waals surface area contributed by atoms with E-state index in [4.69, 9.17) is 20.9 Å². The predicted octanol–water partition coefficient (Wildman–Crippen LogP) is 10.0. The van der Waals surface area contributed by atoms with Crippen molar-refractivity contribution in [1.82, 2.24) is 4.90 Å². The van der Waals surface area contributed by atoms with Crippen LogP contribution in [0.15, 0.2) is 0 Å². The normalized spacial score (nSPS) is 13.2. The number of esters is 2. The first-order valence-corrected chi connectivity index (χ1v) is 21.4. The van der Waals surface area contributed by atoms with Crippen molar-refractivity contribution in [3.05, 3.63) is 0 Å². The van der Waals surface area contributed by atoms with E-state index in [2.05, 4.69) is 27.7 Å². The first-order chi connectivity index (χ1) is 24.4. The molecule has 0 aliphatic carbocycles. The van der Waals surface area contributed by atoms with Crippen molar-refractivity contribution in [2.45, 2.75) is 207 Å². The molecule has 0 radical (unpaired) electrons. The minimum absolute atomic E-state index is 0.0949. The number of hydrogen-bond acceptors (Lipinski definition) is 7. The van der Waals surface area contributed by atoms with Crippen LogP contribution in [0.1, 0.15) is 201 Å². The Labute approximate surface area is 309 Å². The molecule has 0 bridgehead atoms. The Kier molecular flexibility index (Phi) is 34.5. The summed E-state index contributed by atoms with van der Waals surface area (Å²) in [5.41, 5.74) is 12.0. The molecule has 8 heteroatoms. The molecule has 0 heterocycles. The zero-order valence-electron chi connectivity index (χ0n) is 33.5. The molecule has 296 valence electrons. The monoisotopic (exact) mass is 710 g/mol. The zero-order chi connectivity index (χ0) is 37.1. The van der Waals surface area contributed by atoms with Crippen molar-refractivity contribution in [3.63, 3.8) is 0 Å². The summed E-state index contributed by atoms with van der Waals surface area (Å²) in [6, 6.07) is -0.661. The summed E-state index contributed by atoms with van der Waals surface area (Å²) in [6.45, 7) is 10.1. The molecule has 50 heavy (non-hydrogen) atoms. The molecular formula is C42H83N3O5. The van der Waals surface area contributed by atoms with Gasteiger partial charge in [0, 0.05) is 0 Å². The fourth-order valence-corrected chi connectivity index (χ4v) is 6.68. The Bertz CT molecular complexity index is 745. The Morgan fingerprint density at radius 1 is 0.480 bits per heavy atom. The predicted molar refractivity (Wildman–Crippen MR) is 210 cm³/mol. The molecular weight excluding hydrogens is 626 g/mol. The highest BCUT2D eigenvalue weighted by Gasteiger charge is 2.25. The first kappa shape index (κ1) is 48.3. The number of rotatable bonds is 37. The van der Waals surface area contributed by atoms with Gasteiger partial charge in [0.1, 0.15) is 13.2 Å². The Morgan fingerprint density at radius 2 is 0.800 bits per heavy atom. The number of nitrogens with zero attached hydrogens (tertiary/aromatic N) is 1. The van der Waals surface area contributed by atoms with Gasteiger partial charge in [-0.3, -0.25) is 14.4 Å². The van der Waals surface area contributed by atoms with Crippen LogP contribution in [-0.4, -0.2) is 61.6 Å². The number of ether oxygens (including phenoxy) is 2. The molecule has 0 saturated carbocycles. The highest BCUT2D eigenvalue weighted by Crippen LogP contribution is 2.22. The molecule has 0 aliphatic rings. The van der Waals surface area contributed by atoms with Gasteiger partial charge in [-0.2, -0.15) is 0 Å². The van der Waals surface area contributed by atoms with Gasteiger partial charge in [-0.05, 0) is 45.1 Å². The third-order valence-electron chi connectivity index (χ3n) is 10.1. The third-order valence-corrected chi connectivity index (χ3v) is 10.1. The van der Waals surface area contributed by atoms with Crippen LogP contribution in [0, 0.1) is 11.8 Å². The summed E-state index contributed by atoms with van der Waals surface area (Å²) in [6.07, 6.45) is 29.0. The van der Waals surface area contributed by atoms with Crippen LogP contribution in [0.25, 0.3) is 0 Å². The van der Waals surface area contributed by atoms with Crippen LogP contribution in [0.5, 0.6) is 0 Å². The fraction of sp³-hybridized carbons (Fsp3) is 0.929. The molecule has 0 spiro atoms. The molecule has 1 amide bonds. The molecule has 3 unspecified atom stereocenters. The van der Waals surface area contributed by atoms with Crippen LogP contribution in [0.3, 0.4) is 0 Å². The lowest BCUT2D eigenvalue weighted by Crippen LogP contribution is -2.46. The van der Waals surface area contributed by atoms with Crippen LogP contribution in [0.2, 0.25) is 0 Å². The zero-order valence-corrected chi connectivity index (χ0v) is 33.5. The smallest absolute Gasteiger partial charge is 0.308 e. The van der Waals surface area contributed by atoms with Gasteiger partial charge in [0.2, 0.25) is 5.91 Å². The summed E-state index contributed by atoms with van der Waals surface area (Å²) in [7, 11) is 0. The molecule has 0 fully saturated rings. The van der Waals surface area contributed by atoms with E-state index >= 15 is 0 Å². The van der Waals surface area contributed by atoms with Gasteiger partial charge < -0.3 is 25.8 Å². The summed E-state index contributed by atoms with van der Waals surface area (Å²) in [5, 5.41) is 0. The van der Waals surface area contributed by atoms with E-state index in [-0.39, 0.29) is 56.0 Å². The van der Waals surface area contributed by atoms with Gasteiger partial charge in [0.15, 0.2) is 0 Å². The average Bonchev–Trinajstić information content (AvgIpc) is 3.11. The molecule has 4 N–H and O–H groups in total. The molecule has 0 rings (SSSR count). The standard InChI is InChI=1S/C42H83N3O5/c1-5-9-13-17-19-23-29-37(27-21-15-11-7-3)41(47)49-35-33-45(40(46)39(44)31-25-26-32-43)34-36-50-42(48)38(28-22-16-12-8-4)30-24-20-18-14-10-6-2/h37-39H,5-36,43-44H2,1-4H3. The second-order valence-electron chi connectivity index (χ2n) is 14.8. The van der Waals surface area contributed by atoms with Crippen molar-refractivity contribution in [2.24, 2.45) is 23.3 Å². The largest absolute Gasteiger partial charge is 0.464 e. The Morgan fingerprint density at radius 3 is 1.16 bits per heavy atom. The van der Waals surface area contributed by atoms with E-state index in [9.17, 15) is 14.4 Å². The maximum absolute atomic E-state index is 13.4. The van der Waals surface area contributed by atoms with E-state index in [0.29, 0.717) is 13.0 Å². The van der Waals surface area contributed by atoms with Gasteiger partial charge in [-0.1, -0.05) is 163 Å². The van der Waals surface area contributed by atoms with E-state index in [1.807, 2.05) is 0 Å². The summed E-state index contributed by atoms with van der Waals surface area (Å²) < 4.78 is 11.7. The minimum Gasteiger partial charge on any atom is -0.464 e. The molecule has 0 aromatic heterocycles. The number of nitrogens with two attached hydrogens (primary N) is 2. The molecule has 0 saturated heterocycles. The van der Waals surface area contributed by atoms with E-state index in [0.717, 1.165) is 89.9 Å². The maximum atomic E-state index is 13.4. The van der Waals surface area contributed by atoms with E-state index < -0.39 is 6.04 Å². The van der Waals surface area contributed by atoms with Crippen molar-refractivity contribution in [2.75, 3.05) is 32.8 Å². The number of carbonyl (C=O) groups excluding carboxylic acids is 3. The average molecular weight is 710 g/mol. The van der Waals surface area contributed by atoms with E-state index in [1.165, 1.54) is 77.0 Å². The SMILES string of the molecule is CCCCCCCCC(CCCCCC)C(=O)OCCN(CCOC(=O)C(CCCCCC)CCCCCCCC)C(=O)C(N)CCCCN. The van der Waals surface area contributed by atoms with Gasteiger partial charge in [0.05, 0.1) is 31.0 Å². The van der Waals surface area contributed by atoms with Crippen molar-refractivity contribution in [3.8, 4) is 0 Å². The van der Waals surface area contributed by atoms with Gasteiger partial charge in [-0.25, -0.2) is 0 Å². The summed E-state index contributed by atoms with van der Waals surface area (Å²) >= 11 is 0. The van der Waals surface area contributed by atoms with Crippen molar-refractivity contribution >= 4 is 17.8 Å². The lowest BCUT2D eigenvalue weighted by Gasteiger charge is -2.26. The summed E-state index contributed by atoms with van der Waals surface area (Å²) in [4.78, 5) is 41.6. The minimum atomic E-state index is -0.661. The first-order valence-electron chi connectivity index (χ1n) is 21.4. The van der Waals surface area contributed by atoms with Crippen molar-refractivity contribution in [1.29, 1.82) is 0 Å². The lowest BCUT2D eigenvalue weighted by atomic mass is 9.94. The third kappa shape index (κ3) is 27.0. The molecule has 3 atom stereocenters. The number of amides is 1. The summed E-state index contributed by atoms with van der Waals surface area (Å²) in [5.74, 6) is -0.686. The lowest BCUT2D eigenvalue weighted by molar-refractivity contribution is -0.152. The maximum Gasteiger partial charge on any atom is 0.308 e. The van der Waals surface area contributed by atoms with Crippen LogP contribution in [-0.2, 0) is 23.9 Å². The van der Waals surface area contributed by atoms with Gasteiger partial charge in [-0.15, -0.1) is 0 Å². The number of unbranched alkanes of at least 4 members (excludes halogenated alkanes) is 17.